The molecule has 0 bridgehead atoms. The molecule has 4 nitrogen and oxygen atoms in total. The zero-order chi connectivity index (χ0) is 9.97. The van der Waals surface area contributed by atoms with Gasteiger partial charge in [0.05, 0.1) is 0 Å². The number of nitrogens with zero attached hydrogens (tertiary/aromatic N) is 2. The van der Waals surface area contributed by atoms with Gasteiger partial charge in [-0.15, -0.1) is 0 Å². The van der Waals surface area contributed by atoms with Crippen molar-refractivity contribution >= 4 is 6.03 Å². The summed E-state index contributed by atoms with van der Waals surface area (Å²) in [5.41, 5.74) is 0. The van der Waals surface area contributed by atoms with Crippen molar-refractivity contribution in [2.45, 2.75) is 19.8 Å². The predicted octanol–water partition coefficient (Wildman–Crippen LogP) is 1.49. The molecule has 2 rings (SSSR count). The van der Waals surface area contributed by atoms with Crippen LogP contribution in [0.5, 0.6) is 0 Å². The standard InChI is InChI=1S/C10H15N3O/c1-8(9-2-3-9)6-12-10(14)13-5-4-11-7-13/h4-5,7-9H,2-3,6H2,1H3,(H,12,14). The highest BCUT2D eigenvalue weighted by molar-refractivity contribution is 5.76. The lowest BCUT2D eigenvalue weighted by molar-refractivity contribution is 0.240. The highest BCUT2D eigenvalue weighted by Gasteiger charge is 2.27. The number of amides is 1. The van der Waals surface area contributed by atoms with Gasteiger partial charge in [0.1, 0.15) is 6.33 Å². The molecule has 4 heteroatoms. The fraction of sp³-hybridized carbons (Fsp3) is 0.600. The van der Waals surface area contributed by atoms with Crippen LogP contribution in [0.1, 0.15) is 19.8 Å². The van der Waals surface area contributed by atoms with Gasteiger partial charge in [0.15, 0.2) is 0 Å². The lowest BCUT2D eigenvalue weighted by Gasteiger charge is -2.10. The Morgan fingerprint density at radius 3 is 3.07 bits per heavy atom. The van der Waals surface area contributed by atoms with E-state index in [0.717, 1.165) is 12.5 Å². The van der Waals surface area contributed by atoms with Gasteiger partial charge in [-0.25, -0.2) is 9.78 Å². The average Bonchev–Trinajstić information content (AvgIpc) is 2.90. The molecular formula is C10H15N3O. The number of aromatic nitrogens is 2. The summed E-state index contributed by atoms with van der Waals surface area (Å²) in [6, 6.07) is -0.0880. The first-order valence-corrected chi connectivity index (χ1v) is 5.03. The minimum Gasteiger partial charge on any atom is -0.337 e. The molecule has 76 valence electrons. The van der Waals surface area contributed by atoms with E-state index < -0.39 is 0 Å². The van der Waals surface area contributed by atoms with Gasteiger partial charge < -0.3 is 5.32 Å². The maximum absolute atomic E-state index is 11.5. The molecule has 1 aliphatic carbocycles. The van der Waals surface area contributed by atoms with Gasteiger partial charge in [-0.2, -0.15) is 0 Å². The van der Waals surface area contributed by atoms with E-state index >= 15 is 0 Å². The molecule has 1 fully saturated rings. The summed E-state index contributed by atoms with van der Waals surface area (Å²) in [7, 11) is 0. The molecule has 1 aliphatic rings. The fourth-order valence-electron chi connectivity index (χ4n) is 1.55. The number of rotatable bonds is 3. The zero-order valence-corrected chi connectivity index (χ0v) is 8.31. The van der Waals surface area contributed by atoms with Crippen molar-refractivity contribution in [1.29, 1.82) is 0 Å². The van der Waals surface area contributed by atoms with Gasteiger partial charge >= 0.3 is 6.03 Å². The molecule has 1 aromatic rings. The number of hydrogen-bond acceptors (Lipinski definition) is 2. The van der Waals surface area contributed by atoms with Crippen LogP contribution in [0.4, 0.5) is 4.79 Å². The first-order valence-electron chi connectivity index (χ1n) is 5.03. The van der Waals surface area contributed by atoms with Crippen molar-refractivity contribution in [2.75, 3.05) is 6.54 Å². The first-order chi connectivity index (χ1) is 6.77. The Morgan fingerprint density at radius 2 is 2.50 bits per heavy atom. The minimum absolute atomic E-state index is 0.0880. The normalized spacial score (nSPS) is 17.8. The van der Waals surface area contributed by atoms with Crippen molar-refractivity contribution in [3.8, 4) is 0 Å². The van der Waals surface area contributed by atoms with Crippen molar-refractivity contribution in [1.82, 2.24) is 14.9 Å². The van der Waals surface area contributed by atoms with Gasteiger partial charge in [-0.3, -0.25) is 4.57 Å². The smallest absolute Gasteiger partial charge is 0.326 e. The van der Waals surface area contributed by atoms with E-state index in [1.54, 1.807) is 12.4 Å². The SMILES string of the molecule is CC(CNC(=O)n1ccnc1)C1CC1. The van der Waals surface area contributed by atoms with Crippen LogP contribution in [-0.4, -0.2) is 22.1 Å². The topological polar surface area (TPSA) is 46.9 Å². The van der Waals surface area contributed by atoms with Gasteiger partial charge in [0.2, 0.25) is 0 Å². The van der Waals surface area contributed by atoms with Crippen LogP contribution in [0.25, 0.3) is 0 Å². The van der Waals surface area contributed by atoms with E-state index in [-0.39, 0.29) is 6.03 Å². The lowest BCUT2D eigenvalue weighted by atomic mass is 10.1. The summed E-state index contributed by atoms with van der Waals surface area (Å²) in [6.45, 7) is 2.95. The predicted molar refractivity (Wildman–Crippen MR) is 52.9 cm³/mol. The molecule has 0 aliphatic heterocycles. The molecule has 1 aromatic heterocycles. The molecule has 0 spiro atoms. The van der Waals surface area contributed by atoms with E-state index in [0.29, 0.717) is 5.92 Å². The molecule has 0 saturated heterocycles. The van der Waals surface area contributed by atoms with Crippen LogP contribution < -0.4 is 5.32 Å². The second kappa shape index (κ2) is 3.82. The Hall–Kier alpha value is -1.32. The van der Waals surface area contributed by atoms with Crippen molar-refractivity contribution in [3.63, 3.8) is 0 Å². The third-order valence-electron chi connectivity index (χ3n) is 2.74. The van der Waals surface area contributed by atoms with E-state index in [1.165, 1.54) is 23.7 Å². The summed E-state index contributed by atoms with van der Waals surface area (Å²) in [5, 5.41) is 2.89. The molecule has 14 heavy (non-hydrogen) atoms. The molecule has 1 N–H and O–H groups in total. The third kappa shape index (κ3) is 2.13. The average molecular weight is 193 g/mol. The summed E-state index contributed by atoms with van der Waals surface area (Å²) in [4.78, 5) is 15.3. The Labute approximate surface area is 83.3 Å². The molecule has 1 saturated carbocycles. The third-order valence-corrected chi connectivity index (χ3v) is 2.74. The fourth-order valence-corrected chi connectivity index (χ4v) is 1.55. The van der Waals surface area contributed by atoms with E-state index in [1.807, 2.05) is 0 Å². The van der Waals surface area contributed by atoms with Gasteiger partial charge in [0.25, 0.3) is 0 Å². The Bertz CT molecular complexity index is 303. The minimum atomic E-state index is -0.0880. The van der Waals surface area contributed by atoms with Crippen LogP contribution in [0.2, 0.25) is 0 Å². The Balaban J connectivity index is 1.77. The van der Waals surface area contributed by atoms with Gasteiger partial charge in [0, 0.05) is 18.9 Å². The van der Waals surface area contributed by atoms with Crippen molar-refractivity contribution in [3.05, 3.63) is 18.7 Å². The van der Waals surface area contributed by atoms with Gasteiger partial charge in [-0.1, -0.05) is 6.92 Å². The molecule has 1 unspecified atom stereocenters. The van der Waals surface area contributed by atoms with Crippen molar-refractivity contribution < 1.29 is 4.79 Å². The number of carbonyl (C=O) groups excluding carboxylic acids is 1. The maximum atomic E-state index is 11.5. The van der Waals surface area contributed by atoms with Crippen LogP contribution in [0, 0.1) is 11.8 Å². The largest absolute Gasteiger partial charge is 0.337 e. The maximum Gasteiger partial charge on any atom is 0.326 e. The second-order valence-electron chi connectivity index (χ2n) is 3.97. The Morgan fingerprint density at radius 1 is 1.71 bits per heavy atom. The highest BCUT2D eigenvalue weighted by atomic mass is 16.2. The number of carbonyl (C=O) groups is 1. The number of hydrogen-bond donors (Lipinski definition) is 1. The number of nitrogens with one attached hydrogen (secondary N) is 1. The monoisotopic (exact) mass is 193 g/mol. The molecular weight excluding hydrogens is 178 g/mol. The van der Waals surface area contributed by atoms with Crippen LogP contribution in [-0.2, 0) is 0 Å². The molecule has 0 radical (unpaired) electrons. The molecule has 1 heterocycles. The summed E-state index contributed by atoms with van der Waals surface area (Å²) in [6.07, 6.45) is 7.41. The number of imidazole rings is 1. The van der Waals surface area contributed by atoms with Crippen molar-refractivity contribution in [2.24, 2.45) is 11.8 Å². The second-order valence-corrected chi connectivity index (χ2v) is 3.97. The highest BCUT2D eigenvalue weighted by Crippen LogP contribution is 2.35. The summed E-state index contributed by atoms with van der Waals surface area (Å²) < 4.78 is 1.46. The quantitative estimate of drug-likeness (QED) is 0.790. The molecule has 1 amide bonds. The molecule has 1 atom stereocenters. The Kier molecular flexibility index (Phi) is 2.52. The van der Waals surface area contributed by atoms with Gasteiger partial charge in [-0.05, 0) is 24.7 Å². The summed E-state index contributed by atoms with van der Waals surface area (Å²) >= 11 is 0. The van der Waals surface area contributed by atoms with E-state index in [4.69, 9.17) is 0 Å². The summed E-state index contributed by atoms with van der Waals surface area (Å²) in [5.74, 6) is 1.43. The first kappa shape index (κ1) is 9.24. The van der Waals surface area contributed by atoms with E-state index in [9.17, 15) is 4.79 Å². The van der Waals surface area contributed by atoms with Crippen LogP contribution >= 0.6 is 0 Å². The van der Waals surface area contributed by atoms with Crippen LogP contribution in [0.15, 0.2) is 18.7 Å². The van der Waals surface area contributed by atoms with E-state index in [2.05, 4.69) is 17.2 Å². The van der Waals surface area contributed by atoms with Crippen LogP contribution in [0.3, 0.4) is 0 Å². The lowest BCUT2D eigenvalue weighted by Crippen LogP contribution is -2.32. The zero-order valence-electron chi connectivity index (χ0n) is 8.31. The molecule has 0 aromatic carbocycles.